The van der Waals surface area contributed by atoms with Gasteiger partial charge in [-0.15, -0.1) is 0 Å². The van der Waals surface area contributed by atoms with Gasteiger partial charge >= 0.3 is 0 Å². The van der Waals surface area contributed by atoms with Crippen LogP contribution >= 0.6 is 0 Å². The summed E-state index contributed by atoms with van der Waals surface area (Å²) in [5, 5.41) is 0. The van der Waals surface area contributed by atoms with Gasteiger partial charge in [-0.2, -0.15) is 0 Å². The summed E-state index contributed by atoms with van der Waals surface area (Å²) in [6, 6.07) is 2.04. The van der Waals surface area contributed by atoms with Crippen LogP contribution in [0.25, 0.3) is 0 Å². The summed E-state index contributed by atoms with van der Waals surface area (Å²) in [5.41, 5.74) is 5.30. The number of halogens is 2. The minimum atomic E-state index is -3.54. The molecule has 6 heteroatoms. The van der Waals surface area contributed by atoms with Crippen molar-refractivity contribution in [3.8, 4) is 0 Å². The normalized spacial score (nSPS) is 14.7. The van der Waals surface area contributed by atoms with Gasteiger partial charge in [0.2, 0.25) is 0 Å². The monoisotopic (exact) mass is 263 g/mol. The van der Waals surface area contributed by atoms with Gasteiger partial charge in [-0.25, -0.2) is 17.2 Å². The van der Waals surface area contributed by atoms with E-state index in [1.54, 1.807) is 0 Å². The average molecular weight is 263 g/mol. The first-order chi connectivity index (χ1) is 7.59. The Morgan fingerprint density at radius 3 is 2.00 bits per heavy atom. The fraction of sp³-hybridized carbons (Fsp3) is 0.455. The highest BCUT2D eigenvalue weighted by molar-refractivity contribution is 7.92. The predicted octanol–water partition coefficient (Wildman–Crippen LogP) is 1.79. The third-order valence-electron chi connectivity index (χ3n) is 3.02. The van der Waals surface area contributed by atoms with E-state index in [2.05, 4.69) is 0 Å². The fourth-order valence-corrected chi connectivity index (χ4v) is 1.97. The molecule has 0 aliphatic rings. The molecular formula is C11H15F2NO2S. The summed E-state index contributed by atoms with van der Waals surface area (Å²) in [7, 11) is -3.54. The molecule has 0 amide bonds. The van der Waals surface area contributed by atoms with Gasteiger partial charge in [-0.1, -0.05) is 6.07 Å². The van der Waals surface area contributed by atoms with E-state index in [4.69, 9.17) is 5.73 Å². The molecule has 1 atom stereocenters. The Balaban J connectivity index is 3.36. The van der Waals surface area contributed by atoms with Gasteiger partial charge in [0, 0.05) is 11.8 Å². The van der Waals surface area contributed by atoms with Gasteiger partial charge in [-0.3, -0.25) is 0 Å². The Kier molecular flexibility index (Phi) is 3.59. The molecule has 17 heavy (non-hydrogen) atoms. The van der Waals surface area contributed by atoms with E-state index < -0.39 is 37.8 Å². The summed E-state index contributed by atoms with van der Waals surface area (Å²) in [6.45, 7) is 2.69. The molecule has 0 heterocycles. The molecule has 1 unspecified atom stereocenters. The van der Waals surface area contributed by atoms with Crippen LogP contribution in [-0.4, -0.2) is 19.4 Å². The Morgan fingerprint density at radius 1 is 1.24 bits per heavy atom. The van der Waals surface area contributed by atoms with Crippen molar-refractivity contribution in [3.63, 3.8) is 0 Å². The molecule has 0 radical (unpaired) electrons. The summed E-state index contributed by atoms with van der Waals surface area (Å²) in [4.78, 5) is 0. The van der Waals surface area contributed by atoms with Crippen LogP contribution in [0.5, 0.6) is 0 Å². The summed E-state index contributed by atoms with van der Waals surface area (Å²) in [6.07, 6.45) is 0.992. The van der Waals surface area contributed by atoms with Crippen molar-refractivity contribution in [1.29, 1.82) is 0 Å². The van der Waals surface area contributed by atoms with Crippen LogP contribution in [0.1, 0.15) is 25.5 Å². The molecule has 0 fully saturated rings. The molecule has 0 aliphatic heterocycles. The largest absolute Gasteiger partial charge is 0.322 e. The second-order valence-corrected chi connectivity index (χ2v) is 7.09. The second kappa shape index (κ2) is 4.34. The van der Waals surface area contributed by atoms with Crippen molar-refractivity contribution in [1.82, 2.24) is 0 Å². The molecule has 0 aliphatic carbocycles. The SMILES string of the molecule is CC(C)(C(N)c1c(F)cccc1F)S(C)(=O)=O. The van der Waals surface area contributed by atoms with Crippen molar-refractivity contribution in [2.45, 2.75) is 24.6 Å². The number of sulfone groups is 1. The molecule has 2 N–H and O–H groups in total. The van der Waals surface area contributed by atoms with Gasteiger partial charge in [-0.05, 0) is 26.0 Å². The number of rotatable bonds is 3. The van der Waals surface area contributed by atoms with Crippen molar-refractivity contribution in [2.75, 3.05) is 6.26 Å². The lowest BCUT2D eigenvalue weighted by Gasteiger charge is -2.30. The van der Waals surface area contributed by atoms with Gasteiger partial charge in [0.05, 0.1) is 10.8 Å². The molecule has 96 valence electrons. The topological polar surface area (TPSA) is 60.2 Å². The van der Waals surface area contributed by atoms with E-state index in [-0.39, 0.29) is 0 Å². The lowest BCUT2D eigenvalue weighted by atomic mass is 9.95. The molecule has 3 nitrogen and oxygen atoms in total. The zero-order valence-corrected chi connectivity index (χ0v) is 10.7. The third-order valence-corrected chi connectivity index (χ3v) is 5.18. The van der Waals surface area contributed by atoms with Crippen LogP contribution in [0.3, 0.4) is 0 Å². The molecule has 0 saturated carbocycles. The summed E-state index contributed by atoms with van der Waals surface area (Å²) >= 11 is 0. The standard InChI is InChI=1S/C11H15F2NO2S/c1-11(2,17(3,15)16)10(14)9-7(12)5-4-6-8(9)13/h4-6,10H,14H2,1-3H3. The lowest BCUT2D eigenvalue weighted by molar-refractivity contribution is 0.456. The van der Waals surface area contributed by atoms with Gasteiger partial charge < -0.3 is 5.73 Å². The van der Waals surface area contributed by atoms with Crippen molar-refractivity contribution in [3.05, 3.63) is 35.4 Å². The number of benzene rings is 1. The molecule has 1 aromatic rings. The van der Waals surface area contributed by atoms with Crippen LogP contribution in [0, 0.1) is 11.6 Å². The van der Waals surface area contributed by atoms with E-state index in [0.29, 0.717) is 0 Å². The Hall–Kier alpha value is -1.01. The Morgan fingerprint density at radius 2 is 1.65 bits per heavy atom. The maximum atomic E-state index is 13.5. The number of hydrogen-bond donors (Lipinski definition) is 1. The molecule has 0 saturated heterocycles. The predicted molar refractivity (Wildman–Crippen MR) is 62.2 cm³/mol. The maximum Gasteiger partial charge on any atom is 0.154 e. The fourth-order valence-electron chi connectivity index (χ4n) is 1.39. The highest BCUT2D eigenvalue weighted by Gasteiger charge is 2.40. The minimum absolute atomic E-state index is 0.400. The van der Waals surface area contributed by atoms with Crippen LogP contribution < -0.4 is 5.73 Å². The molecule has 1 rings (SSSR count). The van der Waals surface area contributed by atoms with Crippen molar-refractivity contribution < 1.29 is 17.2 Å². The Labute approximate surface area is 99.6 Å². The first kappa shape index (κ1) is 14.1. The molecule has 0 aromatic heterocycles. The highest BCUT2D eigenvalue weighted by Crippen LogP contribution is 2.32. The average Bonchev–Trinajstić information content (AvgIpc) is 2.15. The van der Waals surface area contributed by atoms with Gasteiger partial charge in [0.1, 0.15) is 11.6 Å². The first-order valence-corrected chi connectivity index (χ1v) is 6.87. The number of nitrogens with two attached hydrogens (primary N) is 1. The molecular weight excluding hydrogens is 248 g/mol. The van der Waals surface area contributed by atoms with Crippen LogP contribution in [0.2, 0.25) is 0 Å². The molecule has 1 aromatic carbocycles. The van der Waals surface area contributed by atoms with E-state index in [9.17, 15) is 17.2 Å². The zero-order chi connectivity index (χ0) is 13.4. The van der Waals surface area contributed by atoms with Gasteiger partial charge in [0.25, 0.3) is 0 Å². The zero-order valence-electron chi connectivity index (χ0n) is 9.87. The van der Waals surface area contributed by atoms with E-state index in [1.807, 2.05) is 0 Å². The van der Waals surface area contributed by atoms with Crippen molar-refractivity contribution >= 4 is 9.84 Å². The quantitative estimate of drug-likeness (QED) is 0.904. The maximum absolute atomic E-state index is 13.5. The third kappa shape index (κ3) is 2.47. The van der Waals surface area contributed by atoms with E-state index >= 15 is 0 Å². The van der Waals surface area contributed by atoms with Crippen molar-refractivity contribution in [2.24, 2.45) is 5.73 Å². The van der Waals surface area contributed by atoms with Crippen LogP contribution in [0.15, 0.2) is 18.2 Å². The first-order valence-electron chi connectivity index (χ1n) is 4.98. The Bertz CT molecular complexity index is 506. The lowest BCUT2D eigenvalue weighted by Crippen LogP contribution is -2.43. The van der Waals surface area contributed by atoms with Crippen LogP contribution in [-0.2, 0) is 9.84 Å². The minimum Gasteiger partial charge on any atom is -0.322 e. The summed E-state index contributed by atoms with van der Waals surface area (Å²) in [5.74, 6) is -1.68. The molecule has 0 spiro atoms. The van der Waals surface area contributed by atoms with Crippen LogP contribution in [0.4, 0.5) is 8.78 Å². The van der Waals surface area contributed by atoms with E-state index in [0.717, 1.165) is 18.4 Å². The highest BCUT2D eigenvalue weighted by atomic mass is 32.2. The van der Waals surface area contributed by atoms with Gasteiger partial charge in [0.15, 0.2) is 9.84 Å². The number of hydrogen-bond acceptors (Lipinski definition) is 3. The molecule has 0 bridgehead atoms. The summed E-state index contributed by atoms with van der Waals surface area (Å²) < 4.78 is 48.7. The van der Waals surface area contributed by atoms with E-state index in [1.165, 1.54) is 19.9 Å². The smallest absolute Gasteiger partial charge is 0.154 e. The second-order valence-electron chi connectivity index (χ2n) is 4.49.